The van der Waals surface area contributed by atoms with Gasteiger partial charge in [-0.25, -0.2) is 0 Å². The second kappa shape index (κ2) is 21.8. The van der Waals surface area contributed by atoms with Crippen molar-refractivity contribution in [1.82, 2.24) is 0 Å². The van der Waals surface area contributed by atoms with Gasteiger partial charge in [0.1, 0.15) is 31.8 Å². The van der Waals surface area contributed by atoms with Gasteiger partial charge in [0.05, 0.1) is 15.8 Å². The summed E-state index contributed by atoms with van der Waals surface area (Å²) in [4.78, 5) is 0. The molecule has 4 heteroatoms. The van der Waals surface area contributed by atoms with Crippen LogP contribution < -0.4 is 31.8 Å². The molecule has 8 aromatic carbocycles. The molecule has 51 heavy (non-hydrogen) atoms. The summed E-state index contributed by atoms with van der Waals surface area (Å²) in [5.41, 5.74) is 0. The minimum atomic E-state index is -0.877. The standard InChI is InChI=1S/2C18H15P.C10H7.CN.Ni/c2*1-4-10-16(11-5-1)19(17-12-6-2-7-13-17)18-14-8-3-9-15-18;1-2-6-10-8-4-3-7-9(10)5-1;1-2;/h2*1-15H;1-3,5-8H;;/q;;2*-1;+2/p+2. The van der Waals surface area contributed by atoms with Crippen molar-refractivity contribution in [1.29, 1.82) is 5.26 Å². The van der Waals surface area contributed by atoms with Gasteiger partial charge in [-0.1, -0.05) is 127 Å². The first-order chi connectivity index (χ1) is 24.9. The van der Waals surface area contributed by atoms with Crippen LogP contribution in [0.1, 0.15) is 0 Å². The molecule has 0 aliphatic heterocycles. The largest absolute Gasteiger partial charge is 2.00 e. The molecule has 0 fully saturated rings. The van der Waals surface area contributed by atoms with Gasteiger partial charge in [-0.15, -0.1) is 16.8 Å². The molecule has 250 valence electrons. The molecule has 0 N–H and O–H groups in total. The molecule has 0 saturated carbocycles. The monoisotopic (exact) mass is 737 g/mol. The first-order valence-electron chi connectivity index (χ1n) is 16.5. The molecule has 0 aliphatic rings. The number of hydrogen-bond donors (Lipinski definition) is 0. The fourth-order valence-electron chi connectivity index (χ4n) is 5.70. The topological polar surface area (TPSA) is 23.8 Å². The third-order valence-electron chi connectivity index (χ3n) is 7.97. The molecule has 0 bridgehead atoms. The van der Waals surface area contributed by atoms with Gasteiger partial charge < -0.3 is 11.8 Å². The molecule has 0 heterocycles. The van der Waals surface area contributed by atoms with E-state index in [1.807, 2.05) is 24.3 Å². The molecule has 0 atom stereocenters. The van der Waals surface area contributed by atoms with Crippen LogP contribution in [0.25, 0.3) is 10.8 Å². The third kappa shape index (κ3) is 11.4. The van der Waals surface area contributed by atoms with Gasteiger partial charge in [-0.05, 0) is 72.8 Å². The SMILES string of the molecule is [C-]#N.[Ni+2].[c-]1ccc2ccccc2c1.c1ccc([PH+](c2ccccc2)c2ccccc2)cc1.c1ccc([PH+](c2ccccc2)c2ccccc2)cc1. The molecule has 0 amide bonds. The van der Waals surface area contributed by atoms with Crippen molar-refractivity contribution >= 4 is 58.4 Å². The Balaban J connectivity index is 0.000000173. The summed E-state index contributed by atoms with van der Waals surface area (Å²) >= 11 is 0. The summed E-state index contributed by atoms with van der Waals surface area (Å²) in [5, 5.41) is 17.4. The molecule has 0 saturated heterocycles. The summed E-state index contributed by atoms with van der Waals surface area (Å²) in [5.74, 6) is 0. The van der Waals surface area contributed by atoms with E-state index in [2.05, 4.69) is 206 Å². The van der Waals surface area contributed by atoms with Crippen molar-refractivity contribution in [3.8, 4) is 0 Å². The van der Waals surface area contributed by atoms with E-state index in [0.717, 1.165) is 0 Å². The van der Waals surface area contributed by atoms with Crippen LogP contribution in [0.4, 0.5) is 0 Å². The van der Waals surface area contributed by atoms with E-state index in [4.69, 9.17) is 11.8 Å². The zero-order valence-electron chi connectivity index (χ0n) is 28.1. The maximum Gasteiger partial charge on any atom is 2.00 e. The van der Waals surface area contributed by atoms with E-state index in [-0.39, 0.29) is 16.5 Å². The van der Waals surface area contributed by atoms with Crippen LogP contribution in [0.15, 0.2) is 224 Å². The van der Waals surface area contributed by atoms with Crippen molar-refractivity contribution in [3.05, 3.63) is 237 Å². The Labute approximate surface area is 315 Å². The van der Waals surface area contributed by atoms with Crippen LogP contribution in [0.5, 0.6) is 0 Å². The van der Waals surface area contributed by atoms with Crippen molar-refractivity contribution < 1.29 is 16.5 Å². The predicted octanol–water partition coefficient (Wildman–Crippen LogP) is 9.09. The normalized spacial score (nSPS) is 9.88. The summed E-state index contributed by atoms with van der Waals surface area (Å²) in [6.07, 6.45) is 0. The Bertz CT molecular complexity index is 1740. The number of fused-ring (bicyclic) bond motifs is 1. The van der Waals surface area contributed by atoms with Gasteiger partial charge in [0.25, 0.3) is 0 Å². The van der Waals surface area contributed by atoms with Crippen LogP contribution in [-0.4, -0.2) is 0 Å². The summed E-state index contributed by atoms with van der Waals surface area (Å²) in [6.45, 7) is 4.75. The molecule has 0 spiro atoms. The Morgan fingerprint density at radius 2 is 0.549 bits per heavy atom. The number of hydrogen-bond acceptors (Lipinski definition) is 1. The minimum absolute atomic E-state index is 0. The molecule has 0 unspecified atom stereocenters. The molecular formula is C47H39NNiP2+2. The smallest absolute Gasteiger partial charge is 0.512 e. The van der Waals surface area contributed by atoms with Crippen molar-refractivity contribution in [2.45, 2.75) is 0 Å². The van der Waals surface area contributed by atoms with E-state index in [0.29, 0.717) is 0 Å². The maximum atomic E-state index is 6.25. The average molecular weight is 738 g/mol. The molecule has 8 aromatic rings. The van der Waals surface area contributed by atoms with Gasteiger partial charge in [-0.3, -0.25) is 0 Å². The van der Waals surface area contributed by atoms with E-state index in [1.165, 1.54) is 42.6 Å². The van der Waals surface area contributed by atoms with E-state index in [1.54, 1.807) is 0 Å². The van der Waals surface area contributed by atoms with Gasteiger partial charge in [0.15, 0.2) is 0 Å². The van der Waals surface area contributed by atoms with Gasteiger partial charge in [0.2, 0.25) is 0 Å². The van der Waals surface area contributed by atoms with Crippen molar-refractivity contribution in [2.24, 2.45) is 0 Å². The maximum absolute atomic E-state index is 6.25. The third-order valence-corrected chi connectivity index (χ3v) is 13.4. The van der Waals surface area contributed by atoms with E-state index in [9.17, 15) is 0 Å². The minimum Gasteiger partial charge on any atom is -0.512 e. The molecule has 8 rings (SSSR count). The number of rotatable bonds is 6. The van der Waals surface area contributed by atoms with Gasteiger partial charge in [-0.2, -0.15) is 24.3 Å². The van der Waals surface area contributed by atoms with Crippen molar-refractivity contribution in [2.75, 3.05) is 0 Å². The molecule has 1 nitrogen and oxygen atoms in total. The summed E-state index contributed by atoms with van der Waals surface area (Å²) < 4.78 is 0. The van der Waals surface area contributed by atoms with E-state index < -0.39 is 15.8 Å². The first kappa shape index (κ1) is 38.7. The van der Waals surface area contributed by atoms with Crippen LogP contribution in [0, 0.1) is 17.9 Å². The first-order valence-corrected chi connectivity index (χ1v) is 19.5. The Morgan fingerprint density at radius 3 is 0.804 bits per heavy atom. The average Bonchev–Trinajstić information content (AvgIpc) is 3.22. The Kier molecular flexibility index (Phi) is 16.6. The zero-order valence-corrected chi connectivity index (χ0v) is 31.1. The molecule has 0 aliphatic carbocycles. The second-order valence-electron chi connectivity index (χ2n) is 11.2. The summed E-state index contributed by atoms with van der Waals surface area (Å²) in [7, 11) is -1.75. The predicted molar refractivity (Wildman–Crippen MR) is 221 cm³/mol. The number of benzene rings is 8. The zero-order chi connectivity index (χ0) is 34.6. The van der Waals surface area contributed by atoms with Crippen LogP contribution >= 0.6 is 15.8 Å². The fraction of sp³-hybridized carbons (Fsp3) is 0. The molecule has 0 radical (unpaired) electrons. The van der Waals surface area contributed by atoms with E-state index >= 15 is 0 Å². The molecular weight excluding hydrogens is 699 g/mol. The van der Waals surface area contributed by atoms with Crippen molar-refractivity contribution in [3.63, 3.8) is 0 Å². The fourth-order valence-corrected chi connectivity index (χ4v) is 10.9. The van der Waals surface area contributed by atoms with Crippen LogP contribution in [-0.2, 0) is 16.5 Å². The van der Waals surface area contributed by atoms with Crippen LogP contribution in [0.3, 0.4) is 0 Å². The Morgan fingerprint density at radius 1 is 0.314 bits per heavy atom. The van der Waals surface area contributed by atoms with Crippen LogP contribution in [0.2, 0.25) is 0 Å². The number of nitrogens with zero attached hydrogens (tertiary/aromatic N) is 1. The van der Waals surface area contributed by atoms with Gasteiger partial charge >= 0.3 is 16.5 Å². The molecule has 0 aromatic heterocycles. The van der Waals surface area contributed by atoms with Gasteiger partial charge in [0, 0.05) is 0 Å². The quantitative estimate of drug-likeness (QED) is 0.0950. The Hall–Kier alpha value is -5.14. The summed E-state index contributed by atoms with van der Waals surface area (Å²) in [6, 6.07) is 82.3. The second-order valence-corrected chi connectivity index (χ2v) is 16.2.